The predicted octanol–water partition coefficient (Wildman–Crippen LogP) is 1.85. The van der Waals surface area contributed by atoms with Crippen LogP contribution in [0.25, 0.3) is 0 Å². The number of hydrogen-bond donors (Lipinski definition) is 2. The van der Waals surface area contributed by atoms with Gasteiger partial charge in [-0.2, -0.15) is 0 Å². The first-order chi connectivity index (χ1) is 12.1. The maximum Gasteiger partial charge on any atom is 0.271 e. The molecule has 2 N–H and O–H groups in total. The zero-order valence-corrected chi connectivity index (χ0v) is 13.9. The summed E-state index contributed by atoms with van der Waals surface area (Å²) in [6, 6.07) is 12.4. The van der Waals surface area contributed by atoms with Crippen molar-refractivity contribution >= 4 is 11.8 Å². The van der Waals surface area contributed by atoms with Crippen molar-refractivity contribution in [2.24, 2.45) is 5.92 Å². The Kier molecular flexibility index (Phi) is 5.28. The average molecular weight is 339 g/mol. The molecule has 6 nitrogen and oxygen atoms in total. The molecule has 0 radical (unpaired) electrons. The Bertz CT molecular complexity index is 808. The third-order valence-electron chi connectivity index (χ3n) is 4.47. The molecule has 1 aromatic carbocycles. The van der Waals surface area contributed by atoms with Gasteiger partial charge in [0.15, 0.2) is 0 Å². The highest BCUT2D eigenvalue weighted by Crippen LogP contribution is 2.24. The van der Waals surface area contributed by atoms with E-state index in [1.165, 1.54) is 22.9 Å². The van der Waals surface area contributed by atoms with Gasteiger partial charge in [-0.3, -0.25) is 25.2 Å². The van der Waals surface area contributed by atoms with E-state index in [0.29, 0.717) is 12.1 Å². The van der Waals surface area contributed by atoms with Crippen LogP contribution in [0.3, 0.4) is 0 Å². The van der Waals surface area contributed by atoms with E-state index in [4.69, 9.17) is 0 Å². The van der Waals surface area contributed by atoms with E-state index in [9.17, 15) is 14.4 Å². The largest absolute Gasteiger partial charge is 0.310 e. The molecule has 0 bridgehead atoms. The number of carbonyl (C=O) groups is 2. The minimum Gasteiger partial charge on any atom is -0.310 e. The summed E-state index contributed by atoms with van der Waals surface area (Å²) in [6.45, 7) is 0.384. The Balaban J connectivity index is 1.65. The first-order valence-electron chi connectivity index (χ1n) is 8.48. The molecule has 1 heterocycles. The van der Waals surface area contributed by atoms with Gasteiger partial charge in [0.25, 0.3) is 11.5 Å². The average Bonchev–Trinajstić information content (AvgIpc) is 3.17. The van der Waals surface area contributed by atoms with E-state index in [0.717, 1.165) is 31.2 Å². The molecular formula is C19H21N3O3. The van der Waals surface area contributed by atoms with Gasteiger partial charge in [0.2, 0.25) is 5.91 Å². The number of carbonyl (C=O) groups excluding carboxylic acids is 2. The van der Waals surface area contributed by atoms with Crippen molar-refractivity contribution < 1.29 is 9.59 Å². The number of hydrazine groups is 1. The van der Waals surface area contributed by atoms with Crippen LogP contribution in [0.2, 0.25) is 0 Å². The standard InChI is InChI=1S/C19H21N3O3/c23-17-11-10-16(13-22(17)12-14-6-2-1-3-7-14)19(25)21-20-18(24)15-8-4-5-9-15/h1-3,6-7,10-11,13,15H,4-5,8-9,12H2,(H,20,24)(H,21,25). The fraction of sp³-hybridized carbons (Fsp3) is 0.316. The van der Waals surface area contributed by atoms with Gasteiger partial charge in [-0.25, -0.2) is 0 Å². The summed E-state index contributed by atoms with van der Waals surface area (Å²) >= 11 is 0. The Hall–Kier alpha value is -2.89. The summed E-state index contributed by atoms with van der Waals surface area (Å²) < 4.78 is 1.48. The molecule has 3 rings (SSSR count). The molecule has 0 aliphatic heterocycles. The van der Waals surface area contributed by atoms with Crippen LogP contribution in [0.4, 0.5) is 0 Å². The van der Waals surface area contributed by atoms with Gasteiger partial charge in [-0.1, -0.05) is 43.2 Å². The van der Waals surface area contributed by atoms with Crippen LogP contribution in [-0.2, 0) is 11.3 Å². The van der Waals surface area contributed by atoms with Crippen molar-refractivity contribution in [2.75, 3.05) is 0 Å². The second-order valence-corrected chi connectivity index (χ2v) is 6.29. The number of amides is 2. The van der Waals surface area contributed by atoms with E-state index >= 15 is 0 Å². The van der Waals surface area contributed by atoms with Gasteiger partial charge >= 0.3 is 0 Å². The van der Waals surface area contributed by atoms with E-state index in [2.05, 4.69) is 10.9 Å². The number of nitrogens with zero attached hydrogens (tertiary/aromatic N) is 1. The highest BCUT2D eigenvalue weighted by atomic mass is 16.2. The molecule has 1 aliphatic carbocycles. The zero-order chi connectivity index (χ0) is 17.6. The topological polar surface area (TPSA) is 80.2 Å². The maximum absolute atomic E-state index is 12.2. The summed E-state index contributed by atoms with van der Waals surface area (Å²) in [5, 5.41) is 0. The number of aromatic nitrogens is 1. The molecule has 1 saturated carbocycles. The second-order valence-electron chi connectivity index (χ2n) is 6.29. The minimum absolute atomic E-state index is 0.0210. The van der Waals surface area contributed by atoms with E-state index in [-0.39, 0.29) is 17.4 Å². The first kappa shape index (κ1) is 17.0. The molecule has 1 aromatic heterocycles. The van der Waals surface area contributed by atoms with Crippen LogP contribution in [-0.4, -0.2) is 16.4 Å². The van der Waals surface area contributed by atoms with Gasteiger partial charge in [0.1, 0.15) is 0 Å². The molecule has 2 aromatic rings. The SMILES string of the molecule is O=C(NNC(=O)C1CCCC1)c1ccc(=O)n(Cc2ccccc2)c1. The molecule has 130 valence electrons. The van der Waals surface area contributed by atoms with E-state index < -0.39 is 5.91 Å². The number of nitrogens with one attached hydrogen (secondary N) is 2. The Labute approximate surface area is 145 Å². The molecule has 1 fully saturated rings. The normalized spacial score (nSPS) is 14.2. The molecule has 0 atom stereocenters. The van der Waals surface area contributed by atoms with Crippen molar-refractivity contribution in [2.45, 2.75) is 32.2 Å². The molecule has 0 unspecified atom stereocenters. The molecule has 0 saturated heterocycles. The number of benzene rings is 1. The molecule has 0 spiro atoms. The van der Waals surface area contributed by atoms with Gasteiger partial charge in [-0.15, -0.1) is 0 Å². The monoisotopic (exact) mass is 339 g/mol. The molecule has 1 aliphatic rings. The summed E-state index contributed by atoms with van der Waals surface area (Å²) in [4.78, 5) is 36.2. The fourth-order valence-electron chi connectivity index (χ4n) is 3.05. The van der Waals surface area contributed by atoms with Crippen LogP contribution in [0, 0.1) is 5.92 Å². The van der Waals surface area contributed by atoms with Crippen LogP contribution in [0.1, 0.15) is 41.6 Å². The highest BCUT2D eigenvalue weighted by Gasteiger charge is 2.23. The summed E-state index contributed by atoms with van der Waals surface area (Å²) in [7, 11) is 0. The van der Waals surface area contributed by atoms with Gasteiger partial charge in [0.05, 0.1) is 12.1 Å². The Morgan fingerprint density at radius 1 is 1.00 bits per heavy atom. The fourth-order valence-corrected chi connectivity index (χ4v) is 3.05. The van der Waals surface area contributed by atoms with Crippen LogP contribution >= 0.6 is 0 Å². The Morgan fingerprint density at radius 2 is 1.72 bits per heavy atom. The summed E-state index contributed by atoms with van der Waals surface area (Å²) in [5.74, 6) is -0.607. The number of hydrogen-bond acceptors (Lipinski definition) is 3. The van der Waals surface area contributed by atoms with Crippen molar-refractivity contribution in [1.29, 1.82) is 0 Å². The van der Waals surface area contributed by atoms with Gasteiger partial charge in [0, 0.05) is 18.2 Å². The van der Waals surface area contributed by atoms with Gasteiger partial charge < -0.3 is 4.57 Å². The van der Waals surface area contributed by atoms with Gasteiger partial charge in [-0.05, 0) is 24.5 Å². The first-order valence-corrected chi connectivity index (χ1v) is 8.48. The van der Waals surface area contributed by atoms with E-state index in [1.54, 1.807) is 0 Å². The van der Waals surface area contributed by atoms with Crippen molar-refractivity contribution in [1.82, 2.24) is 15.4 Å². The second kappa shape index (κ2) is 7.79. The van der Waals surface area contributed by atoms with Crippen LogP contribution in [0.5, 0.6) is 0 Å². The quantitative estimate of drug-likeness (QED) is 0.834. The third-order valence-corrected chi connectivity index (χ3v) is 4.47. The lowest BCUT2D eigenvalue weighted by atomic mass is 10.1. The van der Waals surface area contributed by atoms with Crippen molar-refractivity contribution in [3.8, 4) is 0 Å². The lowest BCUT2D eigenvalue weighted by Gasteiger charge is -2.12. The minimum atomic E-state index is -0.437. The third kappa shape index (κ3) is 4.35. The number of rotatable bonds is 4. The summed E-state index contributed by atoms with van der Waals surface area (Å²) in [6.07, 6.45) is 5.34. The van der Waals surface area contributed by atoms with E-state index in [1.807, 2.05) is 30.3 Å². The van der Waals surface area contributed by atoms with Crippen LogP contribution < -0.4 is 16.4 Å². The Morgan fingerprint density at radius 3 is 2.44 bits per heavy atom. The number of pyridine rings is 1. The predicted molar refractivity (Wildman–Crippen MR) is 93.8 cm³/mol. The van der Waals surface area contributed by atoms with Crippen molar-refractivity contribution in [3.63, 3.8) is 0 Å². The lowest BCUT2D eigenvalue weighted by Crippen LogP contribution is -2.44. The highest BCUT2D eigenvalue weighted by molar-refractivity contribution is 5.95. The zero-order valence-electron chi connectivity index (χ0n) is 13.9. The van der Waals surface area contributed by atoms with Crippen molar-refractivity contribution in [3.05, 3.63) is 70.1 Å². The maximum atomic E-state index is 12.2. The van der Waals surface area contributed by atoms with Crippen LogP contribution in [0.15, 0.2) is 53.5 Å². The summed E-state index contributed by atoms with van der Waals surface area (Å²) in [5.41, 5.74) is 6.02. The lowest BCUT2D eigenvalue weighted by molar-refractivity contribution is -0.125. The molecule has 25 heavy (non-hydrogen) atoms. The molecule has 2 amide bonds. The molecular weight excluding hydrogens is 318 g/mol. The molecule has 6 heteroatoms. The smallest absolute Gasteiger partial charge is 0.271 e.